The maximum Gasteiger partial charge on any atom is 0.164 e. The predicted octanol–water partition coefficient (Wildman–Crippen LogP) is 2.47. The first-order valence-electron chi connectivity index (χ1n) is 5.92. The summed E-state index contributed by atoms with van der Waals surface area (Å²) >= 11 is 0. The van der Waals surface area contributed by atoms with Gasteiger partial charge in [-0.2, -0.15) is 0 Å². The van der Waals surface area contributed by atoms with E-state index in [0.717, 1.165) is 25.7 Å². The van der Waals surface area contributed by atoms with Crippen LogP contribution in [-0.2, 0) is 9.47 Å². The molecular formula is C12H24O3. The van der Waals surface area contributed by atoms with Gasteiger partial charge in [0, 0.05) is 6.61 Å². The van der Waals surface area contributed by atoms with Crippen LogP contribution >= 0.6 is 0 Å². The summed E-state index contributed by atoms with van der Waals surface area (Å²) in [6.45, 7) is 8.44. The van der Waals surface area contributed by atoms with Crippen LogP contribution in [0.3, 0.4) is 0 Å². The zero-order valence-electron chi connectivity index (χ0n) is 10.4. The predicted molar refractivity (Wildman–Crippen MR) is 59.7 cm³/mol. The third-order valence-corrected chi connectivity index (χ3v) is 3.16. The van der Waals surface area contributed by atoms with Crippen LogP contribution in [0, 0.1) is 0 Å². The van der Waals surface area contributed by atoms with E-state index < -0.39 is 5.79 Å². The highest BCUT2D eigenvalue weighted by Gasteiger charge is 2.48. The first-order chi connectivity index (χ1) is 6.93. The molecular weight excluding hydrogens is 192 g/mol. The second-order valence-electron chi connectivity index (χ2n) is 4.99. The molecule has 1 heterocycles. The third kappa shape index (κ3) is 3.16. The number of hydrogen-bond acceptors (Lipinski definition) is 3. The van der Waals surface area contributed by atoms with Crippen LogP contribution in [-0.4, -0.2) is 29.2 Å². The first kappa shape index (κ1) is 12.9. The fourth-order valence-electron chi connectivity index (χ4n) is 2.22. The fourth-order valence-corrected chi connectivity index (χ4v) is 2.22. The number of hydrogen-bond donors (Lipinski definition) is 1. The van der Waals surface area contributed by atoms with Gasteiger partial charge in [0.25, 0.3) is 0 Å². The van der Waals surface area contributed by atoms with Gasteiger partial charge < -0.3 is 14.6 Å². The average Bonchev–Trinajstić information content (AvgIpc) is 2.38. The zero-order valence-corrected chi connectivity index (χ0v) is 10.4. The van der Waals surface area contributed by atoms with Gasteiger partial charge in [0.1, 0.15) is 0 Å². The molecule has 0 spiro atoms. The van der Waals surface area contributed by atoms with E-state index in [1.165, 1.54) is 0 Å². The summed E-state index contributed by atoms with van der Waals surface area (Å²) in [5.74, 6) is -0.464. The Morgan fingerprint density at radius 3 is 2.40 bits per heavy atom. The average molecular weight is 216 g/mol. The van der Waals surface area contributed by atoms with Crippen LogP contribution in [0.15, 0.2) is 0 Å². The van der Waals surface area contributed by atoms with Gasteiger partial charge in [0.2, 0.25) is 0 Å². The summed E-state index contributed by atoms with van der Waals surface area (Å²) in [4.78, 5) is 0. The van der Waals surface area contributed by atoms with Gasteiger partial charge in [-0.05, 0) is 46.5 Å². The number of aliphatic hydroxyl groups is 1. The van der Waals surface area contributed by atoms with Crippen molar-refractivity contribution in [3.05, 3.63) is 0 Å². The van der Waals surface area contributed by atoms with E-state index in [-0.39, 0.29) is 18.3 Å². The summed E-state index contributed by atoms with van der Waals surface area (Å²) in [5, 5.41) is 8.76. The molecule has 3 nitrogen and oxygen atoms in total. The molecule has 1 N–H and O–H groups in total. The van der Waals surface area contributed by atoms with Crippen molar-refractivity contribution in [1.82, 2.24) is 0 Å². The summed E-state index contributed by atoms with van der Waals surface area (Å²) in [5.41, 5.74) is -0.168. The van der Waals surface area contributed by atoms with Gasteiger partial charge in [-0.3, -0.25) is 0 Å². The summed E-state index contributed by atoms with van der Waals surface area (Å²) < 4.78 is 11.8. The Morgan fingerprint density at radius 1 is 1.20 bits per heavy atom. The Balaban J connectivity index is 2.54. The topological polar surface area (TPSA) is 38.7 Å². The quantitative estimate of drug-likeness (QED) is 0.717. The molecule has 0 aromatic heterocycles. The largest absolute Gasteiger partial charge is 0.396 e. The lowest BCUT2D eigenvalue weighted by molar-refractivity contribution is -0.160. The molecule has 0 aromatic rings. The summed E-state index contributed by atoms with van der Waals surface area (Å²) in [6.07, 6.45) is 3.93. The molecule has 2 atom stereocenters. The molecule has 1 rings (SSSR count). The highest BCUT2D eigenvalue weighted by atomic mass is 16.8. The van der Waals surface area contributed by atoms with Crippen molar-refractivity contribution in [2.75, 3.05) is 6.61 Å². The van der Waals surface area contributed by atoms with Crippen molar-refractivity contribution in [3.8, 4) is 0 Å². The van der Waals surface area contributed by atoms with Gasteiger partial charge in [0.15, 0.2) is 5.79 Å². The van der Waals surface area contributed by atoms with E-state index in [4.69, 9.17) is 14.6 Å². The Hall–Kier alpha value is -0.120. The molecule has 90 valence electrons. The maximum atomic E-state index is 8.76. The minimum absolute atomic E-state index is 0.157. The molecule has 0 bridgehead atoms. The second kappa shape index (κ2) is 4.81. The van der Waals surface area contributed by atoms with Crippen molar-refractivity contribution >= 4 is 0 Å². The van der Waals surface area contributed by atoms with E-state index in [0.29, 0.717) is 0 Å². The molecule has 1 aliphatic heterocycles. The highest BCUT2D eigenvalue weighted by molar-refractivity contribution is 4.91. The van der Waals surface area contributed by atoms with Crippen molar-refractivity contribution in [3.63, 3.8) is 0 Å². The molecule has 0 amide bonds. The van der Waals surface area contributed by atoms with Crippen molar-refractivity contribution in [1.29, 1.82) is 0 Å². The van der Waals surface area contributed by atoms with E-state index in [1.54, 1.807) is 0 Å². The molecule has 0 unspecified atom stereocenters. The van der Waals surface area contributed by atoms with Crippen molar-refractivity contribution < 1.29 is 14.6 Å². The molecule has 1 aliphatic rings. The van der Waals surface area contributed by atoms with Crippen LogP contribution in [0.25, 0.3) is 0 Å². The number of rotatable bonds is 5. The van der Waals surface area contributed by atoms with Crippen molar-refractivity contribution in [2.45, 2.75) is 70.9 Å². The minimum Gasteiger partial charge on any atom is -0.396 e. The number of unbranched alkanes of at least 4 members (excludes halogenated alkanes) is 1. The minimum atomic E-state index is -0.464. The molecule has 15 heavy (non-hydrogen) atoms. The monoisotopic (exact) mass is 216 g/mol. The molecule has 1 fully saturated rings. The van der Waals surface area contributed by atoms with E-state index in [1.807, 2.05) is 13.8 Å². The summed E-state index contributed by atoms with van der Waals surface area (Å²) in [6, 6.07) is 0. The molecule has 0 radical (unpaired) electrons. The lowest BCUT2D eigenvalue weighted by Crippen LogP contribution is -2.36. The molecule has 0 aliphatic carbocycles. The molecule has 1 saturated heterocycles. The first-order valence-corrected chi connectivity index (χ1v) is 5.92. The zero-order chi connectivity index (χ0) is 11.5. The Kier molecular flexibility index (Phi) is 4.15. The molecule has 3 heteroatoms. The normalized spacial score (nSPS) is 34.6. The third-order valence-electron chi connectivity index (χ3n) is 3.16. The molecule has 0 aromatic carbocycles. The Bertz CT molecular complexity index is 203. The Labute approximate surface area is 92.8 Å². The maximum absolute atomic E-state index is 8.76. The lowest BCUT2D eigenvalue weighted by atomic mass is 9.92. The highest BCUT2D eigenvalue weighted by Crippen LogP contribution is 2.40. The number of aliphatic hydroxyl groups excluding tert-OH is 1. The van der Waals surface area contributed by atoms with Crippen LogP contribution in [0.4, 0.5) is 0 Å². The lowest BCUT2D eigenvalue weighted by Gasteiger charge is -2.27. The Morgan fingerprint density at radius 2 is 1.87 bits per heavy atom. The van der Waals surface area contributed by atoms with Gasteiger partial charge in [-0.1, -0.05) is 6.92 Å². The van der Waals surface area contributed by atoms with Crippen LogP contribution < -0.4 is 0 Å². The van der Waals surface area contributed by atoms with Gasteiger partial charge >= 0.3 is 0 Å². The summed E-state index contributed by atoms with van der Waals surface area (Å²) in [7, 11) is 0. The standard InChI is InChI=1S/C12H24O3/c1-5-12(4)10(8-6-7-9-13)14-11(2,3)15-12/h10,13H,5-9H2,1-4H3/t10-,12+/m0/s1. The molecule has 0 saturated carbocycles. The van der Waals surface area contributed by atoms with Crippen LogP contribution in [0.2, 0.25) is 0 Å². The number of ether oxygens (including phenoxy) is 2. The van der Waals surface area contributed by atoms with Gasteiger partial charge in [0.05, 0.1) is 11.7 Å². The second-order valence-corrected chi connectivity index (χ2v) is 4.99. The SMILES string of the molecule is CC[C@@]1(C)OC(C)(C)O[C@H]1CCCCO. The van der Waals surface area contributed by atoms with E-state index in [2.05, 4.69) is 13.8 Å². The van der Waals surface area contributed by atoms with Gasteiger partial charge in [-0.25, -0.2) is 0 Å². The smallest absolute Gasteiger partial charge is 0.164 e. The fraction of sp³-hybridized carbons (Fsp3) is 1.00. The van der Waals surface area contributed by atoms with Gasteiger partial charge in [-0.15, -0.1) is 0 Å². The van der Waals surface area contributed by atoms with Crippen LogP contribution in [0.1, 0.15) is 53.4 Å². The van der Waals surface area contributed by atoms with Crippen LogP contribution in [0.5, 0.6) is 0 Å². The van der Waals surface area contributed by atoms with E-state index in [9.17, 15) is 0 Å². The van der Waals surface area contributed by atoms with E-state index >= 15 is 0 Å². The van der Waals surface area contributed by atoms with Crippen molar-refractivity contribution in [2.24, 2.45) is 0 Å².